The van der Waals surface area contributed by atoms with Gasteiger partial charge in [-0.15, -0.1) is 58.8 Å². The molecular weight excluding hydrogens is 1580 g/mol. The molecule has 10 bridgehead atoms. The van der Waals surface area contributed by atoms with Gasteiger partial charge in [0.05, 0.1) is 29.6 Å². The first-order chi connectivity index (χ1) is 51.0. The zero-order valence-corrected chi connectivity index (χ0v) is 66.4. The van der Waals surface area contributed by atoms with Crippen LogP contribution in [0.25, 0.3) is 53.9 Å². The molecule has 0 spiro atoms. The molecule has 20 rings (SSSR count). The zero-order chi connectivity index (χ0) is 72.0. The molecular formula is C90H90O10S5Ta. The third-order valence-corrected chi connectivity index (χ3v) is 32.2. The minimum absolute atomic E-state index is 0. The Hall–Kier alpha value is -6.66. The van der Waals surface area contributed by atoms with Crippen LogP contribution in [-0.4, -0.2) is 81.6 Å². The predicted molar refractivity (Wildman–Crippen MR) is 428 cm³/mol. The SMILES string of the molecule is O=C(O)C1CC2CC(Sc3ccc4ccccc4c3)C1C2.O=C(O)C1CC2CC(Sc3ccc4ccccc4c3)C1C2.O=C(O)C1CC2CC(Sc3ccc4ccccc4c3)C1C2.O=C(O)C1CC2CC(Sc3ccc4ccccc4c3)C1C2.O=C(O)C1CC2CC(Sc3ccc4ccccc4c3)C1C2.[Ta]. The molecule has 10 aromatic carbocycles. The zero-order valence-electron chi connectivity index (χ0n) is 59.1. The number of hydrogen-bond acceptors (Lipinski definition) is 10. The average Bonchev–Trinajstić information content (AvgIpc) is 1.65. The molecule has 106 heavy (non-hydrogen) atoms. The van der Waals surface area contributed by atoms with Crippen molar-refractivity contribution in [3.63, 3.8) is 0 Å². The van der Waals surface area contributed by atoms with E-state index in [1.165, 1.54) is 110 Å². The number of carboxylic acid groups (broad SMARTS) is 5. The van der Waals surface area contributed by atoms with Crippen LogP contribution in [0, 0.1) is 88.8 Å². The van der Waals surface area contributed by atoms with Gasteiger partial charge < -0.3 is 25.5 Å². The first-order valence-corrected chi connectivity index (χ1v) is 42.3. The van der Waals surface area contributed by atoms with Gasteiger partial charge in [0.1, 0.15) is 0 Å². The summed E-state index contributed by atoms with van der Waals surface area (Å²) < 4.78 is 0. The second kappa shape index (κ2) is 32.9. The minimum Gasteiger partial charge on any atom is -0.481 e. The Kier molecular flexibility index (Phi) is 23.2. The first-order valence-electron chi connectivity index (χ1n) is 37.9. The maximum Gasteiger partial charge on any atom is 0.306 e. The van der Waals surface area contributed by atoms with Crippen molar-refractivity contribution in [2.45, 2.75) is 147 Å². The van der Waals surface area contributed by atoms with Crippen molar-refractivity contribution >= 4 is 143 Å². The fourth-order valence-corrected chi connectivity index (χ4v) is 28.3. The third kappa shape index (κ3) is 16.6. The van der Waals surface area contributed by atoms with Crippen LogP contribution in [0.5, 0.6) is 0 Å². The fourth-order valence-electron chi connectivity index (χ4n) is 20.6. The van der Waals surface area contributed by atoms with E-state index in [2.05, 4.69) is 212 Å². The standard InChI is InChI=1S/5C18H18O2S.Ta/c5*19-18(20)16-8-11-7-15(16)17(9-11)21-14-6-5-12-3-1-2-4-13(12)10-14;/h5*1-6,10-11,15-17H,7-9H2,(H,19,20);. The van der Waals surface area contributed by atoms with Crippen LogP contribution in [0.1, 0.15) is 96.3 Å². The summed E-state index contributed by atoms with van der Waals surface area (Å²) in [5.41, 5.74) is 0. The maximum absolute atomic E-state index is 11.4. The van der Waals surface area contributed by atoms with Gasteiger partial charge >= 0.3 is 29.8 Å². The molecule has 20 atom stereocenters. The summed E-state index contributed by atoms with van der Waals surface area (Å²) in [5.74, 6) is 1.49. The number of fused-ring (bicyclic) bond motifs is 15. The number of aliphatic carboxylic acids is 5. The van der Waals surface area contributed by atoms with Crippen molar-refractivity contribution < 1.29 is 71.9 Å². The van der Waals surface area contributed by atoms with Gasteiger partial charge in [-0.05, 0) is 270 Å². The van der Waals surface area contributed by atoms with E-state index in [-0.39, 0.29) is 52.0 Å². The quantitative estimate of drug-likeness (QED) is 0.0652. The third-order valence-electron chi connectivity index (χ3n) is 25.4. The molecule has 5 N–H and O–H groups in total. The van der Waals surface area contributed by atoms with Gasteiger partial charge in [-0.2, -0.15) is 0 Å². The Bertz CT molecular complexity index is 4190. The predicted octanol–water partition coefficient (Wildman–Crippen LogP) is 22.2. The van der Waals surface area contributed by atoms with Crippen LogP contribution in [-0.2, 0) is 46.4 Å². The number of hydrogen-bond donors (Lipinski definition) is 5. The Morgan fingerprint density at radius 3 is 0.528 bits per heavy atom. The monoisotopic (exact) mass is 1670 g/mol. The van der Waals surface area contributed by atoms with Gasteiger partial charge in [0.25, 0.3) is 0 Å². The molecule has 10 aliphatic carbocycles. The van der Waals surface area contributed by atoms with Crippen LogP contribution in [0.4, 0.5) is 0 Å². The molecule has 10 aliphatic rings. The van der Waals surface area contributed by atoms with Crippen LogP contribution in [0.2, 0.25) is 0 Å². The van der Waals surface area contributed by atoms with Crippen molar-refractivity contribution in [1.82, 2.24) is 0 Å². The molecule has 0 heterocycles. The Morgan fingerprint density at radius 1 is 0.217 bits per heavy atom. The number of carbonyl (C=O) groups is 5. The first kappa shape index (κ1) is 74.8. The van der Waals surface area contributed by atoms with Crippen molar-refractivity contribution in [1.29, 1.82) is 0 Å². The van der Waals surface area contributed by atoms with E-state index >= 15 is 0 Å². The van der Waals surface area contributed by atoms with Crippen LogP contribution in [0.3, 0.4) is 0 Å². The molecule has 1 radical (unpaired) electrons. The fraction of sp³-hybridized carbons (Fsp3) is 0.389. The summed E-state index contributed by atoms with van der Waals surface area (Å²) in [6, 6.07) is 74.8. The van der Waals surface area contributed by atoms with E-state index in [0.717, 1.165) is 64.2 Å². The molecule has 545 valence electrons. The van der Waals surface area contributed by atoms with E-state index in [1.54, 1.807) is 0 Å². The normalized spacial score (nSPS) is 30.6. The topological polar surface area (TPSA) is 186 Å². The number of carboxylic acids is 5. The van der Waals surface area contributed by atoms with Gasteiger partial charge in [-0.25, -0.2) is 0 Å². The summed E-state index contributed by atoms with van der Waals surface area (Å²) in [4.78, 5) is 63.1. The van der Waals surface area contributed by atoms with E-state index in [9.17, 15) is 49.5 Å². The van der Waals surface area contributed by atoms with Crippen LogP contribution in [0.15, 0.2) is 237 Å². The van der Waals surface area contributed by atoms with Gasteiger partial charge in [-0.1, -0.05) is 152 Å². The molecule has 10 fully saturated rings. The maximum atomic E-state index is 11.4. The molecule has 0 amide bonds. The van der Waals surface area contributed by atoms with Gasteiger partial charge in [0.15, 0.2) is 0 Å². The number of thioether (sulfide) groups is 5. The molecule has 20 unspecified atom stereocenters. The Morgan fingerprint density at radius 2 is 0.377 bits per heavy atom. The van der Waals surface area contributed by atoms with E-state index in [0.29, 0.717) is 85.4 Å². The smallest absolute Gasteiger partial charge is 0.306 e. The molecule has 0 aliphatic heterocycles. The Balaban J connectivity index is 0.000000106. The molecule has 16 heteroatoms. The summed E-state index contributed by atoms with van der Waals surface area (Å²) in [6.45, 7) is 0. The molecule has 10 nitrogen and oxygen atoms in total. The molecule has 0 saturated heterocycles. The Labute approximate surface area is 657 Å². The number of benzene rings is 10. The molecule has 10 aromatic rings. The summed E-state index contributed by atoms with van der Waals surface area (Å²) in [5, 5.41) is 61.8. The molecule has 10 saturated carbocycles. The van der Waals surface area contributed by atoms with Crippen LogP contribution >= 0.6 is 58.8 Å². The van der Waals surface area contributed by atoms with E-state index in [4.69, 9.17) is 0 Å². The van der Waals surface area contributed by atoms with Gasteiger partial charge in [-0.3, -0.25) is 24.0 Å². The van der Waals surface area contributed by atoms with E-state index in [1.807, 2.05) is 58.8 Å². The van der Waals surface area contributed by atoms with E-state index < -0.39 is 29.8 Å². The van der Waals surface area contributed by atoms with Crippen molar-refractivity contribution in [2.75, 3.05) is 0 Å². The van der Waals surface area contributed by atoms with Crippen molar-refractivity contribution in [3.05, 3.63) is 212 Å². The second-order valence-corrected chi connectivity index (χ2v) is 38.3. The summed E-state index contributed by atoms with van der Waals surface area (Å²) in [6.07, 6.45) is 16.0. The summed E-state index contributed by atoms with van der Waals surface area (Å²) in [7, 11) is 0. The molecule has 0 aromatic heterocycles. The van der Waals surface area contributed by atoms with Gasteiger partial charge in [0.2, 0.25) is 0 Å². The second-order valence-electron chi connectivity index (χ2n) is 31.7. The van der Waals surface area contributed by atoms with Gasteiger partial charge in [0, 0.05) is 73.1 Å². The average molecular weight is 1670 g/mol. The van der Waals surface area contributed by atoms with Crippen molar-refractivity contribution in [2.24, 2.45) is 88.8 Å². The van der Waals surface area contributed by atoms with Crippen molar-refractivity contribution in [3.8, 4) is 0 Å². The number of rotatable bonds is 15. The largest absolute Gasteiger partial charge is 0.481 e. The van der Waals surface area contributed by atoms with Crippen LogP contribution < -0.4 is 0 Å². The minimum atomic E-state index is -0.591. The summed E-state index contributed by atoms with van der Waals surface area (Å²) >= 11 is 9.43.